The van der Waals surface area contributed by atoms with Crippen LogP contribution in [-0.2, 0) is 0 Å². The lowest BCUT2D eigenvalue weighted by Gasteiger charge is -2.16. The van der Waals surface area contributed by atoms with Crippen molar-refractivity contribution in [2.75, 3.05) is 0 Å². The van der Waals surface area contributed by atoms with Crippen LogP contribution in [0.1, 0.15) is 0 Å². The van der Waals surface area contributed by atoms with E-state index < -0.39 is 0 Å². The van der Waals surface area contributed by atoms with E-state index >= 15 is 0 Å². The Balaban J connectivity index is 0.993. The number of hydrogen-bond acceptors (Lipinski definition) is 4. The van der Waals surface area contributed by atoms with Gasteiger partial charge in [-0.1, -0.05) is 243 Å². The van der Waals surface area contributed by atoms with Gasteiger partial charge in [0.2, 0.25) is 5.95 Å². The third kappa shape index (κ3) is 7.16. The highest BCUT2D eigenvalue weighted by Gasteiger charge is 2.26. The van der Waals surface area contributed by atoms with E-state index in [-0.39, 0.29) is 0 Å². The van der Waals surface area contributed by atoms with Gasteiger partial charge < -0.3 is 8.98 Å². The molecule has 16 rings (SSSR count). The Morgan fingerprint density at radius 1 is 0.278 bits per heavy atom. The Kier molecular flexibility index (Phi) is 10.1. The molecule has 6 nitrogen and oxygen atoms in total. The molecule has 0 aliphatic carbocycles. The molecule has 0 bridgehead atoms. The summed E-state index contributed by atoms with van der Waals surface area (Å²) in [5.74, 6) is 1.67. The average molecular weight is 1010 g/mol. The highest BCUT2D eigenvalue weighted by molar-refractivity contribution is 6.24. The van der Waals surface area contributed by atoms with E-state index in [4.69, 9.17) is 19.4 Å². The third-order valence-corrected chi connectivity index (χ3v) is 15.8. The normalized spacial score (nSPS) is 11.8. The largest absolute Gasteiger partial charge is 0.455 e. The minimum absolute atomic E-state index is 0.518. The zero-order chi connectivity index (χ0) is 52.0. The van der Waals surface area contributed by atoms with E-state index in [1.807, 2.05) is 6.07 Å². The van der Waals surface area contributed by atoms with E-state index in [1.54, 1.807) is 0 Å². The minimum atomic E-state index is 0.518. The van der Waals surface area contributed by atoms with Crippen molar-refractivity contribution < 1.29 is 4.42 Å². The first-order valence-electron chi connectivity index (χ1n) is 26.8. The number of nitrogens with zero attached hydrogens (tertiary/aromatic N) is 5. The fourth-order valence-corrected chi connectivity index (χ4v) is 12.2. The smallest absolute Gasteiger partial charge is 0.238 e. The molecule has 368 valence electrons. The van der Waals surface area contributed by atoms with Crippen molar-refractivity contribution in [2.45, 2.75) is 0 Å². The highest BCUT2D eigenvalue weighted by atomic mass is 16.3. The topological polar surface area (TPSA) is 61.7 Å². The van der Waals surface area contributed by atoms with Crippen LogP contribution in [0.3, 0.4) is 0 Å². The molecule has 0 aliphatic heterocycles. The van der Waals surface area contributed by atoms with Crippen molar-refractivity contribution in [2.24, 2.45) is 0 Å². The van der Waals surface area contributed by atoms with Crippen LogP contribution in [0.25, 0.3) is 155 Å². The predicted molar refractivity (Wildman–Crippen MR) is 326 cm³/mol. The number of fused-ring (bicyclic) bond motifs is 11. The number of rotatable bonds is 8. The van der Waals surface area contributed by atoms with Crippen molar-refractivity contribution in [3.05, 3.63) is 273 Å². The molecule has 0 saturated carbocycles. The van der Waals surface area contributed by atoms with E-state index in [9.17, 15) is 0 Å². The fraction of sp³-hybridized carbons (Fsp3) is 0. The second-order valence-corrected chi connectivity index (χ2v) is 20.2. The fourth-order valence-electron chi connectivity index (χ4n) is 12.2. The molecule has 0 N–H and O–H groups in total. The Hall–Kier alpha value is -10.7. The Morgan fingerprint density at radius 3 is 1.37 bits per heavy atom. The van der Waals surface area contributed by atoms with Crippen LogP contribution in [0.5, 0.6) is 0 Å². The number of aromatic nitrogens is 5. The SMILES string of the molecule is c1ccc(-c2ccccc2-c2nc(-c3ccccc3-c3ccccc3)nc(-n3c4ccccc4c4ccc5c6ccccc6n(-c6cc(-c7ccc(-c8cccc9ccccc89)cc7)c7oc8ccccc8c7c6)c5c43)n2)cc1. The Labute approximate surface area is 454 Å². The van der Waals surface area contributed by atoms with Crippen LogP contribution in [0.4, 0.5) is 0 Å². The molecule has 79 heavy (non-hydrogen) atoms. The van der Waals surface area contributed by atoms with Gasteiger partial charge >= 0.3 is 0 Å². The van der Waals surface area contributed by atoms with E-state index in [0.29, 0.717) is 17.6 Å². The van der Waals surface area contributed by atoms with Crippen LogP contribution in [0.2, 0.25) is 0 Å². The summed E-state index contributed by atoms with van der Waals surface area (Å²) in [4.78, 5) is 16.7. The highest BCUT2D eigenvalue weighted by Crippen LogP contribution is 2.45. The molecule has 0 fully saturated rings. The van der Waals surface area contributed by atoms with Gasteiger partial charge in [0.05, 0.1) is 22.1 Å². The Morgan fingerprint density at radius 2 is 0.734 bits per heavy atom. The van der Waals surface area contributed by atoms with Gasteiger partial charge in [-0.3, -0.25) is 4.57 Å². The number of hydrogen-bond donors (Lipinski definition) is 0. The predicted octanol–water partition coefficient (Wildman–Crippen LogP) is 19.1. The minimum Gasteiger partial charge on any atom is -0.455 e. The lowest BCUT2D eigenvalue weighted by Crippen LogP contribution is -2.08. The summed E-state index contributed by atoms with van der Waals surface area (Å²) in [6.07, 6.45) is 0. The van der Waals surface area contributed by atoms with Crippen LogP contribution in [0.15, 0.2) is 277 Å². The molecule has 12 aromatic carbocycles. The molecule has 16 aromatic rings. The van der Waals surface area contributed by atoms with Crippen LogP contribution < -0.4 is 0 Å². The quantitative estimate of drug-likeness (QED) is 0.152. The lowest BCUT2D eigenvalue weighted by atomic mass is 9.95. The van der Waals surface area contributed by atoms with Gasteiger partial charge in [-0.15, -0.1) is 0 Å². The molecule has 0 saturated heterocycles. The second kappa shape index (κ2) is 18.0. The average Bonchev–Trinajstić information content (AvgIpc) is 4.32. The molecule has 0 radical (unpaired) electrons. The first-order chi connectivity index (χ1) is 39.2. The van der Waals surface area contributed by atoms with Crippen molar-refractivity contribution >= 4 is 76.3 Å². The molecular weight excluding hydrogens is 963 g/mol. The maximum Gasteiger partial charge on any atom is 0.238 e. The summed E-state index contributed by atoms with van der Waals surface area (Å²) < 4.78 is 11.6. The molecule has 0 amide bonds. The van der Waals surface area contributed by atoms with Crippen molar-refractivity contribution in [3.63, 3.8) is 0 Å². The van der Waals surface area contributed by atoms with Crippen molar-refractivity contribution in [1.82, 2.24) is 24.1 Å². The maximum absolute atomic E-state index is 6.88. The van der Waals surface area contributed by atoms with Gasteiger partial charge in [0.1, 0.15) is 11.2 Å². The van der Waals surface area contributed by atoms with Crippen molar-refractivity contribution in [1.29, 1.82) is 0 Å². The van der Waals surface area contributed by atoms with E-state index in [0.717, 1.165) is 121 Å². The van der Waals surface area contributed by atoms with E-state index in [2.05, 4.69) is 276 Å². The zero-order valence-electron chi connectivity index (χ0n) is 42.6. The molecule has 4 aromatic heterocycles. The molecular formula is C73H45N5O. The summed E-state index contributed by atoms with van der Waals surface area (Å²) in [6, 6.07) is 96.9. The molecule has 0 unspecified atom stereocenters. The Bertz CT molecular complexity index is 4960. The molecule has 0 atom stereocenters. The summed E-state index contributed by atoms with van der Waals surface area (Å²) in [6.45, 7) is 0. The first kappa shape index (κ1) is 44.6. The molecule has 4 heterocycles. The summed E-state index contributed by atoms with van der Waals surface area (Å²) in [5.41, 5.74) is 17.3. The first-order valence-corrected chi connectivity index (χ1v) is 26.8. The third-order valence-electron chi connectivity index (χ3n) is 15.8. The number of para-hydroxylation sites is 3. The number of furan rings is 1. The molecule has 0 spiro atoms. The van der Waals surface area contributed by atoms with E-state index in [1.165, 1.54) is 16.3 Å². The van der Waals surface area contributed by atoms with Crippen LogP contribution >= 0.6 is 0 Å². The lowest BCUT2D eigenvalue weighted by molar-refractivity contribution is 0.670. The summed E-state index contributed by atoms with van der Waals surface area (Å²) in [7, 11) is 0. The standard InChI is InChI=1S/C73H45N5O/c1-3-20-46(21-4-1)54-27-9-11-32-61(54)71-74-72(62-33-12-10-28-55(62)47-22-5-2-6-23-47)76-73(75-71)78-66-36-17-14-30-57(66)60-43-42-59-56-29-13-16-35-65(56)77(68(59)69(60)78)51-44-63(70-64(45-51)58-31-15-18-37-67(58)79-70)50-40-38-49(39-41-50)53-34-19-25-48-24-7-8-26-52(48)53/h1-45H. The second-order valence-electron chi connectivity index (χ2n) is 20.2. The van der Waals surface area contributed by atoms with Gasteiger partial charge in [0, 0.05) is 54.7 Å². The van der Waals surface area contributed by atoms with Crippen molar-refractivity contribution in [3.8, 4) is 78.9 Å². The maximum atomic E-state index is 6.88. The van der Waals surface area contributed by atoms with Gasteiger partial charge in [0.15, 0.2) is 11.6 Å². The molecule has 6 heteroatoms. The van der Waals surface area contributed by atoms with Gasteiger partial charge in [-0.05, 0) is 80.0 Å². The van der Waals surface area contributed by atoms with Gasteiger partial charge in [0.25, 0.3) is 0 Å². The summed E-state index contributed by atoms with van der Waals surface area (Å²) >= 11 is 0. The monoisotopic (exact) mass is 1010 g/mol. The zero-order valence-corrected chi connectivity index (χ0v) is 42.6. The summed E-state index contributed by atoms with van der Waals surface area (Å²) in [5, 5.41) is 8.99. The van der Waals surface area contributed by atoms with Gasteiger partial charge in [-0.2, -0.15) is 9.97 Å². The van der Waals surface area contributed by atoms with Gasteiger partial charge in [-0.25, -0.2) is 4.98 Å². The molecule has 0 aliphatic rings. The van der Waals surface area contributed by atoms with Crippen LogP contribution in [-0.4, -0.2) is 24.1 Å². The van der Waals surface area contributed by atoms with Crippen LogP contribution in [0, 0.1) is 0 Å². The number of benzene rings is 12.